The number of nitrogens with one attached hydrogen (secondary N) is 1. The number of nitrogens with two attached hydrogens (primary N) is 1. The molecular weight excluding hydrogens is 511 g/mol. The fourth-order valence-corrected chi connectivity index (χ4v) is 4.68. The van der Waals surface area contributed by atoms with Crippen LogP contribution in [-0.4, -0.2) is 73.5 Å². The van der Waals surface area contributed by atoms with Gasteiger partial charge in [-0.25, -0.2) is 15.0 Å². The molecule has 35 heavy (non-hydrogen) atoms. The van der Waals surface area contributed by atoms with Gasteiger partial charge in [-0.05, 0) is 0 Å². The SMILES string of the molecule is Nc1cnc(N2CCOCC2)s1.O=C(Nc1cnc(N2CCOCC2)s1)c1coc(C(F)(F)F)n1. The van der Waals surface area contributed by atoms with Crippen LogP contribution in [0.1, 0.15) is 16.4 Å². The molecule has 1 amide bonds. The fraction of sp³-hybridized carbons (Fsp3) is 0.474. The summed E-state index contributed by atoms with van der Waals surface area (Å²) in [6.45, 7) is 6.01. The van der Waals surface area contributed by atoms with Crippen LogP contribution in [0.3, 0.4) is 0 Å². The first-order chi connectivity index (χ1) is 16.8. The minimum absolute atomic E-state index is 0.410. The maximum absolute atomic E-state index is 12.4. The van der Waals surface area contributed by atoms with Crippen molar-refractivity contribution in [2.24, 2.45) is 0 Å². The second-order valence-electron chi connectivity index (χ2n) is 7.24. The molecule has 5 heterocycles. The largest absolute Gasteiger partial charge is 0.468 e. The third-order valence-electron chi connectivity index (χ3n) is 4.78. The van der Waals surface area contributed by atoms with Crippen molar-refractivity contribution in [1.29, 1.82) is 0 Å². The van der Waals surface area contributed by atoms with Gasteiger partial charge in [-0.3, -0.25) is 4.79 Å². The molecule has 11 nitrogen and oxygen atoms in total. The lowest BCUT2D eigenvalue weighted by Gasteiger charge is -2.25. The van der Waals surface area contributed by atoms with Gasteiger partial charge in [0, 0.05) is 26.2 Å². The van der Waals surface area contributed by atoms with Crippen LogP contribution in [0.25, 0.3) is 0 Å². The smallest absolute Gasteiger partial charge is 0.441 e. The summed E-state index contributed by atoms with van der Waals surface area (Å²) in [4.78, 5) is 27.6. The highest BCUT2D eigenvalue weighted by Crippen LogP contribution is 2.30. The zero-order chi connectivity index (χ0) is 24.8. The normalized spacial score (nSPS) is 16.5. The maximum atomic E-state index is 12.4. The third-order valence-corrected chi connectivity index (χ3v) is 6.64. The molecule has 2 fully saturated rings. The average molecular weight is 534 g/mol. The predicted molar refractivity (Wildman–Crippen MR) is 124 cm³/mol. The quantitative estimate of drug-likeness (QED) is 0.516. The van der Waals surface area contributed by atoms with Crippen LogP contribution in [0, 0.1) is 0 Å². The van der Waals surface area contributed by atoms with Crippen molar-refractivity contribution < 1.29 is 31.9 Å². The summed E-state index contributed by atoms with van der Waals surface area (Å²) < 4.78 is 51.9. The molecule has 190 valence electrons. The molecule has 0 spiro atoms. The minimum Gasteiger partial charge on any atom is -0.441 e. The number of nitrogen functional groups attached to an aromatic ring is 1. The number of anilines is 4. The molecule has 2 saturated heterocycles. The second-order valence-corrected chi connectivity index (χ2v) is 9.29. The predicted octanol–water partition coefficient (Wildman–Crippen LogP) is 2.80. The molecule has 0 saturated carbocycles. The van der Waals surface area contributed by atoms with E-state index in [1.807, 2.05) is 4.90 Å². The first-order valence-electron chi connectivity index (χ1n) is 10.5. The lowest BCUT2D eigenvalue weighted by molar-refractivity contribution is -0.157. The first-order valence-corrected chi connectivity index (χ1v) is 12.1. The van der Waals surface area contributed by atoms with Gasteiger partial charge < -0.3 is 34.7 Å². The van der Waals surface area contributed by atoms with Gasteiger partial charge in [-0.2, -0.15) is 13.2 Å². The standard InChI is InChI=1S/C12H11F3N4O3S.C7H11N3OS/c13-12(14,15)10-17-7(6-22-10)9(20)18-8-5-16-11(23-8)19-1-3-21-4-2-19;8-6-5-9-7(12-6)10-1-3-11-4-2-10/h5-6H,1-4H2,(H,18,20);5H,1-4,8H2. The fourth-order valence-electron chi connectivity index (χ4n) is 3.09. The first kappa shape index (κ1) is 25.2. The zero-order valence-electron chi connectivity index (χ0n) is 18.3. The van der Waals surface area contributed by atoms with Gasteiger partial charge in [0.25, 0.3) is 5.91 Å². The number of rotatable bonds is 4. The number of alkyl halides is 3. The number of hydrogen-bond acceptors (Lipinski definition) is 12. The van der Waals surface area contributed by atoms with Crippen LogP contribution in [0.15, 0.2) is 23.1 Å². The number of halogens is 3. The number of carbonyl (C=O) groups excluding carboxylic acids is 1. The Morgan fingerprint density at radius 3 is 2.06 bits per heavy atom. The van der Waals surface area contributed by atoms with E-state index in [1.165, 1.54) is 28.9 Å². The Kier molecular flexibility index (Phi) is 8.04. The van der Waals surface area contributed by atoms with Gasteiger partial charge in [0.1, 0.15) is 16.3 Å². The van der Waals surface area contributed by atoms with Crippen LogP contribution < -0.4 is 20.9 Å². The number of hydrogen-bond donors (Lipinski definition) is 2. The van der Waals surface area contributed by atoms with Crippen molar-refractivity contribution in [1.82, 2.24) is 15.0 Å². The summed E-state index contributed by atoms with van der Waals surface area (Å²) in [5.74, 6) is -2.25. The van der Waals surface area contributed by atoms with E-state index in [0.717, 1.165) is 36.4 Å². The molecule has 2 aliphatic rings. The van der Waals surface area contributed by atoms with Gasteiger partial charge >= 0.3 is 12.1 Å². The molecule has 3 aromatic rings. The Labute approximate surface area is 205 Å². The van der Waals surface area contributed by atoms with E-state index in [1.54, 1.807) is 6.20 Å². The number of morpholine rings is 2. The van der Waals surface area contributed by atoms with Crippen molar-refractivity contribution in [2.45, 2.75) is 6.18 Å². The monoisotopic (exact) mass is 533 g/mol. The van der Waals surface area contributed by atoms with Gasteiger partial charge in [0.15, 0.2) is 16.0 Å². The van der Waals surface area contributed by atoms with E-state index in [9.17, 15) is 18.0 Å². The highest BCUT2D eigenvalue weighted by Gasteiger charge is 2.37. The number of oxazole rings is 1. The topological polar surface area (TPSA) is 132 Å². The number of amides is 1. The molecule has 0 radical (unpaired) electrons. The van der Waals surface area contributed by atoms with Crippen LogP contribution in [-0.2, 0) is 15.7 Å². The van der Waals surface area contributed by atoms with Crippen molar-refractivity contribution in [3.8, 4) is 0 Å². The molecule has 0 bridgehead atoms. The molecule has 5 rings (SSSR count). The van der Waals surface area contributed by atoms with E-state index < -0.39 is 23.7 Å². The van der Waals surface area contributed by atoms with E-state index in [4.69, 9.17) is 15.2 Å². The Morgan fingerprint density at radius 1 is 0.971 bits per heavy atom. The van der Waals surface area contributed by atoms with Crippen LogP contribution >= 0.6 is 22.7 Å². The lowest BCUT2D eigenvalue weighted by atomic mass is 10.4. The Bertz CT molecular complexity index is 1110. The lowest BCUT2D eigenvalue weighted by Crippen LogP contribution is -2.36. The van der Waals surface area contributed by atoms with Crippen LogP contribution in [0.4, 0.5) is 33.4 Å². The van der Waals surface area contributed by atoms with Gasteiger partial charge in [-0.15, -0.1) is 0 Å². The number of aromatic nitrogens is 3. The van der Waals surface area contributed by atoms with Crippen molar-refractivity contribution >= 4 is 48.8 Å². The molecule has 0 atom stereocenters. The number of ether oxygens (including phenoxy) is 2. The summed E-state index contributed by atoms with van der Waals surface area (Å²) in [6, 6.07) is 0. The number of carbonyl (C=O) groups is 1. The Morgan fingerprint density at radius 2 is 1.54 bits per heavy atom. The highest BCUT2D eigenvalue weighted by atomic mass is 32.1. The summed E-state index contributed by atoms with van der Waals surface area (Å²) >= 11 is 2.75. The molecule has 0 aromatic carbocycles. The van der Waals surface area contributed by atoms with E-state index in [0.29, 0.717) is 42.7 Å². The van der Waals surface area contributed by atoms with Gasteiger partial charge in [0.05, 0.1) is 38.8 Å². The average Bonchev–Trinajstić information content (AvgIpc) is 3.61. The zero-order valence-corrected chi connectivity index (χ0v) is 19.9. The highest BCUT2D eigenvalue weighted by molar-refractivity contribution is 7.19. The summed E-state index contributed by atoms with van der Waals surface area (Å²) in [5, 5.41) is 5.35. The van der Waals surface area contributed by atoms with E-state index in [-0.39, 0.29) is 0 Å². The molecule has 3 N–H and O–H groups in total. The Hall–Kier alpha value is -2.95. The second kappa shape index (κ2) is 11.2. The Balaban J connectivity index is 0.000000201. The number of nitrogens with zero attached hydrogens (tertiary/aromatic N) is 5. The van der Waals surface area contributed by atoms with E-state index in [2.05, 4.69) is 29.6 Å². The van der Waals surface area contributed by atoms with Gasteiger partial charge in [0.2, 0.25) is 0 Å². The summed E-state index contributed by atoms with van der Waals surface area (Å²) in [6.07, 6.45) is -0.915. The number of thiazole rings is 2. The molecule has 0 unspecified atom stereocenters. The van der Waals surface area contributed by atoms with Crippen molar-refractivity contribution in [3.63, 3.8) is 0 Å². The van der Waals surface area contributed by atoms with Crippen LogP contribution in [0.2, 0.25) is 0 Å². The van der Waals surface area contributed by atoms with Crippen LogP contribution in [0.5, 0.6) is 0 Å². The van der Waals surface area contributed by atoms with Crippen molar-refractivity contribution in [3.05, 3.63) is 30.2 Å². The third kappa shape index (κ3) is 6.81. The molecule has 0 aliphatic carbocycles. The van der Waals surface area contributed by atoms with Crippen molar-refractivity contribution in [2.75, 3.05) is 73.5 Å². The maximum Gasteiger partial charge on any atom is 0.468 e. The summed E-state index contributed by atoms with van der Waals surface area (Å²) in [5.41, 5.74) is 5.14. The summed E-state index contributed by atoms with van der Waals surface area (Å²) in [7, 11) is 0. The molecular formula is C19H22F3N7O4S2. The molecule has 2 aliphatic heterocycles. The minimum atomic E-state index is -4.73. The molecule has 3 aromatic heterocycles. The van der Waals surface area contributed by atoms with E-state index >= 15 is 0 Å². The molecule has 16 heteroatoms. The van der Waals surface area contributed by atoms with Gasteiger partial charge in [-0.1, -0.05) is 22.7 Å².